The molecule has 0 bridgehead atoms. The summed E-state index contributed by atoms with van der Waals surface area (Å²) in [5.41, 5.74) is 10.7. The van der Waals surface area contributed by atoms with Gasteiger partial charge in [-0.25, -0.2) is 8.42 Å². The zero-order chi connectivity index (χ0) is 69.3. The summed E-state index contributed by atoms with van der Waals surface area (Å²) in [6.45, 7) is 52.9. The second kappa shape index (κ2) is 36.8. The summed E-state index contributed by atoms with van der Waals surface area (Å²) < 4.78 is 49.5. The Morgan fingerprint density at radius 3 is 0.833 bits per heavy atom. The van der Waals surface area contributed by atoms with Crippen LogP contribution in [0.15, 0.2) is 189 Å². The Hall–Kier alpha value is -5.26. The van der Waals surface area contributed by atoms with E-state index in [1.165, 1.54) is 49.4 Å². The minimum atomic E-state index is -3.07. The predicted molar refractivity (Wildman–Crippen MR) is 398 cm³/mol. The van der Waals surface area contributed by atoms with Gasteiger partial charge in [-0.15, -0.1) is 23.5 Å². The standard InChI is InChI=1S/C13H20O.C12H18O.C11H16O2S.C11H16OS.C11H16O.2C11H16S/c1-10(2)14-12-8-6-11(7-9-12)13(3,4)5;1-5-13-11-8-6-10(7-9-11)12(2,3)4;1-11(2,3)9-5-7-10(8-6-9)14(4,12)13;1-11(2,3)9-5-7-10(8-6-9)13(4)12;3*1-11(2,3)9-5-7-10(12-4)8-6-9/h6-10H,1-5H3;6-9H,5H2,1-4H3;5-8H,1-4H3;5-8H,1-4H3;3*5-8H,1-4H3. The van der Waals surface area contributed by atoms with E-state index in [9.17, 15) is 12.6 Å². The Morgan fingerprint density at radius 1 is 0.389 bits per heavy atom. The summed E-state index contributed by atoms with van der Waals surface area (Å²) in [6.07, 6.45) is 7.37. The number of benzene rings is 7. The highest BCUT2D eigenvalue weighted by Crippen LogP contribution is 2.30. The van der Waals surface area contributed by atoms with Crippen molar-refractivity contribution < 1.29 is 26.8 Å². The second-order valence-corrected chi connectivity index (χ2v) is 35.0. The van der Waals surface area contributed by atoms with Crippen LogP contribution in [0.2, 0.25) is 0 Å². The molecule has 90 heavy (non-hydrogen) atoms. The minimum Gasteiger partial charge on any atom is -0.497 e. The number of ether oxygens (including phenoxy) is 3. The molecule has 0 aliphatic heterocycles. The first-order valence-electron chi connectivity index (χ1n) is 31.4. The topological polar surface area (TPSA) is 78.9 Å². The normalized spacial score (nSPS) is 12.2. The van der Waals surface area contributed by atoms with E-state index < -0.39 is 20.6 Å². The molecular weight excluding hydrogens is 1190 g/mol. The molecule has 0 fully saturated rings. The Labute approximate surface area is 561 Å². The Morgan fingerprint density at radius 2 is 0.622 bits per heavy atom. The van der Waals surface area contributed by atoms with Gasteiger partial charge in [0, 0.05) is 38.0 Å². The lowest BCUT2D eigenvalue weighted by Crippen LogP contribution is -2.11. The molecule has 0 spiro atoms. The molecule has 0 N–H and O–H groups in total. The van der Waals surface area contributed by atoms with E-state index in [1.807, 2.05) is 81.4 Å². The first-order chi connectivity index (χ1) is 41.2. The number of hydrogen-bond donors (Lipinski definition) is 0. The minimum absolute atomic E-state index is 0.0655. The molecule has 0 saturated heterocycles. The van der Waals surface area contributed by atoms with Gasteiger partial charge in [0.05, 0.1) is 24.7 Å². The van der Waals surface area contributed by atoms with Crippen LogP contribution in [-0.2, 0) is 58.5 Å². The molecule has 7 aromatic carbocycles. The second-order valence-electron chi connectivity index (χ2n) is 29.9. The third kappa shape index (κ3) is 32.8. The van der Waals surface area contributed by atoms with E-state index in [2.05, 4.69) is 255 Å². The first-order valence-corrected chi connectivity index (χ1v) is 37.3. The average molecular weight is 1300 g/mol. The summed E-state index contributed by atoms with van der Waals surface area (Å²) in [5, 5.41) is 0. The van der Waals surface area contributed by atoms with E-state index in [0.717, 1.165) is 34.3 Å². The van der Waals surface area contributed by atoms with Crippen LogP contribution in [0.3, 0.4) is 0 Å². The van der Waals surface area contributed by atoms with Crippen LogP contribution in [0.1, 0.15) is 205 Å². The zero-order valence-corrected chi connectivity index (χ0v) is 64.3. The van der Waals surface area contributed by atoms with Gasteiger partial charge in [0.2, 0.25) is 0 Å². The van der Waals surface area contributed by atoms with Crippen LogP contribution in [0, 0.1) is 0 Å². The molecule has 0 saturated carbocycles. The smallest absolute Gasteiger partial charge is 0.175 e. The van der Waals surface area contributed by atoms with Crippen molar-refractivity contribution in [2.24, 2.45) is 0 Å². The van der Waals surface area contributed by atoms with E-state index in [4.69, 9.17) is 14.2 Å². The van der Waals surface area contributed by atoms with Crippen LogP contribution < -0.4 is 14.2 Å². The maximum absolute atomic E-state index is 11.2. The number of methoxy groups -OCH3 is 1. The van der Waals surface area contributed by atoms with Crippen LogP contribution in [-0.4, -0.2) is 57.5 Å². The van der Waals surface area contributed by atoms with Crippen molar-refractivity contribution in [1.82, 2.24) is 0 Å². The molecule has 6 nitrogen and oxygen atoms in total. The molecule has 0 aliphatic carbocycles. The largest absolute Gasteiger partial charge is 0.497 e. The summed E-state index contributed by atoms with van der Waals surface area (Å²) in [5.74, 6) is 2.83. The molecule has 0 heterocycles. The Balaban J connectivity index is 0.000000525. The third-order valence-corrected chi connectivity index (χ3v) is 17.7. The van der Waals surface area contributed by atoms with Crippen LogP contribution in [0.5, 0.6) is 17.2 Å². The zero-order valence-electron chi connectivity index (χ0n) is 61.0. The molecule has 1 unspecified atom stereocenters. The quantitative estimate of drug-likeness (QED) is 0.132. The van der Waals surface area contributed by atoms with Crippen molar-refractivity contribution in [2.45, 2.75) is 230 Å². The van der Waals surface area contributed by atoms with Crippen LogP contribution in [0.4, 0.5) is 0 Å². The van der Waals surface area contributed by atoms with E-state index in [0.29, 0.717) is 4.90 Å². The summed E-state index contributed by atoms with van der Waals surface area (Å²) in [4.78, 5) is 3.95. The van der Waals surface area contributed by atoms with E-state index in [1.54, 1.807) is 49.0 Å². The monoisotopic (exact) mass is 1300 g/mol. The maximum atomic E-state index is 11.2. The highest BCUT2D eigenvalue weighted by molar-refractivity contribution is 7.98. The number of rotatable bonds is 9. The first kappa shape index (κ1) is 82.8. The van der Waals surface area contributed by atoms with Gasteiger partial charge in [-0.3, -0.25) is 4.21 Å². The van der Waals surface area contributed by atoms with Crippen molar-refractivity contribution in [3.8, 4) is 17.2 Å². The van der Waals surface area contributed by atoms with Crippen molar-refractivity contribution in [1.29, 1.82) is 0 Å². The summed E-state index contributed by atoms with van der Waals surface area (Å²) in [7, 11) is -2.24. The molecule has 7 aromatic rings. The van der Waals surface area contributed by atoms with Gasteiger partial charge in [0.25, 0.3) is 0 Å². The fourth-order valence-electron chi connectivity index (χ4n) is 8.15. The van der Waals surface area contributed by atoms with Crippen molar-refractivity contribution in [3.05, 3.63) is 209 Å². The van der Waals surface area contributed by atoms with Gasteiger partial charge in [-0.1, -0.05) is 230 Å². The van der Waals surface area contributed by atoms with Gasteiger partial charge in [0.15, 0.2) is 9.84 Å². The number of sulfone groups is 1. The Bertz CT molecular complexity index is 3090. The molecule has 0 aromatic heterocycles. The van der Waals surface area contributed by atoms with Crippen LogP contribution in [0.25, 0.3) is 0 Å². The van der Waals surface area contributed by atoms with Crippen molar-refractivity contribution in [2.75, 3.05) is 38.7 Å². The lowest BCUT2D eigenvalue weighted by molar-refractivity contribution is 0.242. The van der Waals surface area contributed by atoms with Crippen molar-refractivity contribution >= 4 is 44.2 Å². The van der Waals surface area contributed by atoms with Crippen LogP contribution >= 0.6 is 23.5 Å². The van der Waals surface area contributed by atoms with E-state index in [-0.39, 0.29) is 44.0 Å². The molecule has 7 rings (SSSR count). The molecular formula is C80H118O6S4. The fourth-order valence-corrected chi connectivity index (χ4v) is 10.1. The highest BCUT2D eigenvalue weighted by Gasteiger charge is 2.18. The van der Waals surface area contributed by atoms with Gasteiger partial charge in [-0.05, 0) is 195 Å². The molecule has 0 aliphatic rings. The average Bonchev–Trinajstić information content (AvgIpc) is 2.52. The highest BCUT2D eigenvalue weighted by atomic mass is 32.2. The van der Waals surface area contributed by atoms with E-state index >= 15 is 0 Å². The molecule has 0 radical (unpaired) electrons. The number of thioether (sulfide) groups is 2. The predicted octanol–water partition coefficient (Wildman–Crippen LogP) is 22.7. The lowest BCUT2D eigenvalue weighted by atomic mass is 9.87. The van der Waals surface area contributed by atoms with Crippen molar-refractivity contribution in [3.63, 3.8) is 0 Å². The molecule has 10 heteroatoms. The maximum Gasteiger partial charge on any atom is 0.175 e. The van der Waals surface area contributed by atoms with Gasteiger partial charge >= 0.3 is 0 Å². The lowest BCUT2D eigenvalue weighted by Gasteiger charge is -2.19. The third-order valence-electron chi connectivity index (χ3n) is 14.2. The fraction of sp³-hybridized carbons (Fsp3) is 0.475. The van der Waals surface area contributed by atoms with Gasteiger partial charge in [0.1, 0.15) is 17.2 Å². The molecule has 1 atom stereocenters. The van der Waals surface area contributed by atoms with Gasteiger partial charge in [-0.2, -0.15) is 0 Å². The summed E-state index contributed by atoms with van der Waals surface area (Å²) >= 11 is 3.58. The SMILES string of the molecule is CC(C)(C)c1ccc(S(C)(=O)=O)cc1.CC(C)Oc1ccc(C(C)(C)C)cc1.CCOc1ccc(C(C)(C)C)cc1.COc1ccc(C(C)(C)C)cc1.CS(=O)c1ccc(C(C)(C)C)cc1.CSc1ccc(C(C)(C)C)cc1.CSc1ccc(C(C)(C)C)cc1. The molecule has 498 valence electrons. The Kier molecular flexibility index (Phi) is 33.9. The molecule has 0 amide bonds. The van der Waals surface area contributed by atoms with Gasteiger partial charge < -0.3 is 14.2 Å². The number of hydrogen-bond acceptors (Lipinski definition) is 8. The summed E-state index contributed by atoms with van der Waals surface area (Å²) in [6, 6.07) is 57.6.